The minimum Gasteiger partial charge on any atom is -0.497 e. The van der Waals surface area contributed by atoms with Crippen LogP contribution in [0.1, 0.15) is 35.2 Å². The molecule has 0 fully saturated rings. The normalized spacial score (nSPS) is 11.3. The van der Waals surface area contributed by atoms with E-state index in [2.05, 4.69) is 10.5 Å². The molecular formula is C16H18N2O3. The number of hydrogen-bond donors (Lipinski definition) is 1. The van der Waals surface area contributed by atoms with Crippen molar-refractivity contribution in [3.63, 3.8) is 0 Å². The predicted octanol–water partition coefficient (Wildman–Crippen LogP) is 3.14. The summed E-state index contributed by atoms with van der Waals surface area (Å²) in [5.74, 6) is 1.36. The van der Waals surface area contributed by atoms with Crippen LogP contribution in [0.3, 0.4) is 0 Å². The molecule has 0 radical (unpaired) electrons. The van der Waals surface area contributed by atoms with Crippen molar-refractivity contribution in [2.24, 2.45) is 5.10 Å². The number of nitrogens with one attached hydrogen (secondary N) is 1. The molecule has 0 saturated carbocycles. The number of amides is 1. The molecule has 1 aromatic carbocycles. The first-order valence-electron chi connectivity index (χ1n) is 6.71. The SMILES string of the molecule is CCC(=NNC(=O)c1ccc(C)o1)c1ccc(OC)cc1. The Balaban J connectivity index is 2.10. The molecule has 1 amide bonds. The molecule has 5 nitrogen and oxygen atoms in total. The third kappa shape index (κ3) is 3.72. The van der Waals surface area contributed by atoms with Gasteiger partial charge in [0.1, 0.15) is 11.5 Å². The highest BCUT2D eigenvalue weighted by Gasteiger charge is 2.09. The number of hydrazone groups is 1. The number of methoxy groups -OCH3 is 1. The number of nitrogens with zero attached hydrogens (tertiary/aromatic N) is 1. The van der Waals surface area contributed by atoms with Gasteiger partial charge in [-0.1, -0.05) is 6.92 Å². The van der Waals surface area contributed by atoms with Gasteiger partial charge in [-0.25, -0.2) is 5.43 Å². The minimum atomic E-state index is -0.359. The average Bonchev–Trinajstić information content (AvgIpc) is 2.95. The number of carbonyl (C=O) groups excluding carboxylic acids is 1. The van der Waals surface area contributed by atoms with Gasteiger partial charge in [0.15, 0.2) is 5.76 Å². The zero-order valence-corrected chi connectivity index (χ0v) is 12.3. The van der Waals surface area contributed by atoms with Crippen LogP contribution < -0.4 is 10.2 Å². The Morgan fingerprint density at radius 1 is 1.24 bits per heavy atom. The molecular weight excluding hydrogens is 268 g/mol. The van der Waals surface area contributed by atoms with Gasteiger partial charge in [0, 0.05) is 0 Å². The van der Waals surface area contributed by atoms with Crippen molar-refractivity contribution in [1.82, 2.24) is 5.43 Å². The van der Waals surface area contributed by atoms with Gasteiger partial charge in [-0.15, -0.1) is 0 Å². The van der Waals surface area contributed by atoms with Gasteiger partial charge in [0.25, 0.3) is 0 Å². The van der Waals surface area contributed by atoms with Crippen LogP contribution >= 0.6 is 0 Å². The smallest absolute Gasteiger partial charge is 0.307 e. The Labute approximate surface area is 123 Å². The van der Waals surface area contributed by atoms with Gasteiger partial charge in [-0.05, 0) is 55.3 Å². The van der Waals surface area contributed by atoms with Crippen LogP contribution in [0.5, 0.6) is 5.75 Å². The molecule has 0 unspecified atom stereocenters. The zero-order chi connectivity index (χ0) is 15.2. The highest BCUT2D eigenvalue weighted by Crippen LogP contribution is 2.13. The summed E-state index contributed by atoms with van der Waals surface area (Å²) < 4.78 is 10.4. The molecule has 0 saturated heterocycles. The standard InChI is InChI=1S/C16H18N2O3/c1-4-14(12-6-8-13(20-3)9-7-12)17-18-16(19)15-10-5-11(2)21-15/h5-10H,4H2,1-3H3,(H,18,19). The van der Waals surface area contributed by atoms with Crippen molar-refractivity contribution in [2.45, 2.75) is 20.3 Å². The Kier molecular flexibility index (Phi) is 4.77. The Morgan fingerprint density at radius 3 is 2.48 bits per heavy atom. The van der Waals surface area contributed by atoms with Crippen molar-refractivity contribution in [3.05, 3.63) is 53.5 Å². The van der Waals surface area contributed by atoms with Gasteiger partial charge in [-0.3, -0.25) is 4.79 Å². The van der Waals surface area contributed by atoms with Crippen molar-refractivity contribution in [3.8, 4) is 5.75 Å². The van der Waals surface area contributed by atoms with Gasteiger partial charge in [-0.2, -0.15) is 5.10 Å². The molecule has 0 atom stereocenters. The third-order valence-electron chi connectivity index (χ3n) is 3.01. The topological polar surface area (TPSA) is 63.8 Å². The molecule has 0 spiro atoms. The summed E-state index contributed by atoms with van der Waals surface area (Å²) in [6.45, 7) is 3.77. The van der Waals surface area contributed by atoms with Crippen LogP contribution in [0.2, 0.25) is 0 Å². The molecule has 2 aromatic rings. The van der Waals surface area contributed by atoms with E-state index in [0.29, 0.717) is 12.2 Å². The highest BCUT2D eigenvalue weighted by molar-refractivity contribution is 6.01. The van der Waals surface area contributed by atoms with Crippen LogP contribution in [0, 0.1) is 6.92 Å². The van der Waals surface area contributed by atoms with Crippen LogP contribution in [-0.4, -0.2) is 18.7 Å². The highest BCUT2D eigenvalue weighted by atomic mass is 16.5. The Hall–Kier alpha value is -2.56. The first kappa shape index (κ1) is 14.8. The maximum Gasteiger partial charge on any atom is 0.307 e. The van der Waals surface area contributed by atoms with E-state index in [1.807, 2.05) is 31.2 Å². The number of furan rings is 1. The largest absolute Gasteiger partial charge is 0.497 e. The van der Waals surface area contributed by atoms with Crippen LogP contribution in [-0.2, 0) is 0 Å². The molecule has 21 heavy (non-hydrogen) atoms. The third-order valence-corrected chi connectivity index (χ3v) is 3.01. The van der Waals surface area contributed by atoms with Crippen LogP contribution in [0.4, 0.5) is 0 Å². The van der Waals surface area contributed by atoms with Crippen LogP contribution in [0.25, 0.3) is 0 Å². The quantitative estimate of drug-likeness (QED) is 0.678. The number of aryl methyl sites for hydroxylation is 1. The molecule has 2 rings (SSSR count). The number of rotatable bonds is 5. The first-order valence-corrected chi connectivity index (χ1v) is 6.71. The van der Waals surface area contributed by atoms with Crippen molar-refractivity contribution in [2.75, 3.05) is 7.11 Å². The summed E-state index contributed by atoms with van der Waals surface area (Å²) >= 11 is 0. The minimum absolute atomic E-state index is 0.251. The lowest BCUT2D eigenvalue weighted by Gasteiger charge is -2.06. The van der Waals surface area contributed by atoms with E-state index in [9.17, 15) is 4.79 Å². The fraction of sp³-hybridized carbons (Fsp3) is 0.250. The molecule has 0 aliphatic carbocycles. The Morgan fingerprint density at radius 2 is 1.95 bits per heavy atom. The van der Waals surface area contributed by atoms with E-state index in [0.717, 1.165) is 17.0 Å². The zero-order valence-electron chi connectivity index (χ0n) is 12.3. The summed E-state index contributed by atoms with van der Waals surface area (Å²) in [5, 5.41) is 4.17. The van der Waals surface area contributed by atoms with Crippen LogP contribution in [0.15, 0.2) is 45.9 Å². The fourth-order valence-corrected chi connectivity index (χ4v) is 1.86. The van der Waals surface area contributed by atoms with E-state index >= 15 is 0 Å². The lowest BCUT2D eigenvalue weighted by atomic mass is 10.1. The van der Waals surface area contributed by atoms with Gasteiger partial charge >= 0.3 is 5.91 Å². The first-order chi connectivity index (χ1) is 10.1. The monoisotopic (exact) mass is 286 g/mol. The fourth-order valence-electron chi connectivity index (χ4n) is 1.86. The number of ether oxygens (including phenoxy) is 1. The van der Waals surface area contributed by atoms with E-state index in [1.54, 1.807) is 26.2 Å². The lowest BCUT2D eigenvalue weighted by Crippen LogP contribution is -2.19. The van der Waals surface area contributed by atoms with E-state index in [4.69, 9.17) is 9.15 Å². The maximum absolute atomic E-state index is 11.9. The number of carbonyl (C=O) groups is 1. The second-order valence-electron chi connectivity index (χ2n) is 4.49. The van der Waals surface area contributed by atoms with E-state index in [-0.39, 0.29) is 11.7 Å². The van der Waals surface area contributed by atoms with Crippen molar-refractivity contribution < 1.29 is 13.9 Å². The summed E-state index contributed by atoms with van der Waals surface area (Å²) in [6.07, 6.45) is 0.698. The Bertz CT molecular complexity index is 642. The summed E-state index contributed by atoms with van der Waals surface area (Å²) in [5.41, 5.74) is 4.24. The van der Waals surface area contributed by atoms with Gasteiger partial charge in [0.2, 0.25) is 0 Å². The number of benzene rings is 1. The number of hydrogen-bond acceptors (Lipinski definition) is 4. The van der Waals surface area contributed by atoms with Crippen molar-refractivity contribution in [1.29, 1.82) is 0 Å². The van der Waals surface area contributed by atoms with E-state index in [1.165, 1.54) is 0 Å². The molecule has 0 aliphatic rings. The summed E-state index contributed by atoms with van der Waals surface area (Å²) in [4.78, 5) is 11.9. The molecule has 5 heteroatoms. The van der Waals surface area contributed by atoms with E-state index < -0.39 is 0 Å². The molecule has 110 valence electrons. The summed E-state index contributed by atoms with van der Waals surface area (Å²) in [7, 11) is 1.62. The molecule has 1 N–H and O–H groups in total. The van der Waals surface area contributed by atoms with Crippen molar-refractivity contribution >= 4 is 11.6 Å². The second kappa shape index (κ2) is 6.74. The second-order valence-corrected chi connectivity index (χ2v) is 4.49. The average molecular weight is 286 g/mol. The molecule has 1 heterocycles. The van der Waals surface area contributed by atoms with Gasteiger partial charge < -0.3 is 9.15 Å². The molecule has 0 aliphatic heterocycles. The molecule has 0 bridgehead atoms. The maximum atomic E-state index is 11.9. The predicted molar refractivity (Wildman–Crippen MR) is 80.7 cm³/mol. The summed E-state index contributed by atoms with van der Waals surface area (Å²) in [6, 6.07) is 10.9. The molecule has 1 aromatic heterocycles. The van der Waals surface area contributed by atoms with Gasteiger partial charge in [0.05, 0.1) is 12.8 Å². The lowest BCUT2D eigenvalue weighted by molar-refractivity contribution is 0.0926.